The minimum absolute atomic E-state index is 0.0291. The predicted molar refractivity (Wildman–Crippen MR) is 68.1 cm³/mol. The van der Waals surface area contributed by atoms with Crippen LogP contribution in [0.1, 0.15) is 20.3 Å². The van der Waals surface area contributed by atoms with Gasteiger partial charge in [-0.3, -0.25) is 14.9 Å². The van der Waals surface area contributed by atoms with Gasteiger partial charge < -0.3 is 15.0 Å². The Balaban J connectivity index is 2.60. The normalized spacial score (nSPS) is 21.3. The smallest absolute Gasteiger partial charge is 0.241 e. The summed E-state index contributed by atoms with van der Waals surface area (Å²) < 4.78 is 5.04. The Labute approximate surface area is 108 Å². The molecule has 1 aliphatic rings. The third-order valence-electron chi connectivity index (χ3n) is 3.25. The molecule has 0 aromatic rings. The lowest BCUT2D eigenvalue weighted by atomic mass is 10.1. The van der Waals surface area contributed by atoms with Crippen molar-refractivity contribution in [2.24, 2.45) is 0 Å². The van der Waals surface area contributed by atoms with Gasteiger partial charge in [-0.25, -0.2) is 0 Å². The summed E-state index contributed by atoms with van der Waals surface area (Å²) in [6.07, 6.45) is 0.897. The fourth-order valence-electron chi connectivity index (χ4n) is 1.90. The highest BCUT2D eigenvalue weighted by Gasteiger charge is 2.29. The van der Waals surface area contributed by atoms with Crippen molar-refractivity contribution in [3.05, 3.63) is 0 Å². The lowest BCUT2D eigenvalue weighted by Crippen LogP contribution is -2.60. The molecule has 1 fully saturated rings. The molecule has 0 aromatic heterocycles. The van der Waals surface area contributed by atoms with Crippen molar-refractivity contribution in [2.45, 2.75) is 32.4 Å². The Kier molecular flexibility index (Phi) is 6.07. The molecule has 6 heteroatoms. The molecule has 2 amide bonds. The summed E-state index contributed by atoms with van der Waals surface area (Å²) >= 11 is 0. The molecule has 2 unspecified atom stereocenters. The maximum absolute atomic E-state index is 12.4. The molecule has 2 N–H and O–H groups in total. The van der Waals surface area contributed by atoms with Crippen LogP contribution < -0.4 is 10.6 Å². The predicted octanol–water partition coefficient (Wildman–Crippen LogP) is -0.652. The van der Waals surface area contributed by atoms with Gasteiger partial charge in [0.1, 0.15) is 6.04 Å². The second-order valence-corrected chi connectivity index (χ2v) is 4.52. The van der Waals surface area contributed by atoms with Crippen molar-refractivity contribution in [1.29, 1.82) is 0 Å². The van der Waals surface area contributed by atoms with Crippen LogP contribution in [0.3, 0.4) is 0 Å². The standard InChI is InChI=1S/C12H23N3O3/c1-4-9(2)15(5-6-18-3)12(17)10-7-14-11(16)8-13-10/h9-10,13H,4-8H2,1-3H3,(H,14,16). The molecule has 1 rings (SSSR count). The first-order valence-corrected chi connectivity index (χ1v) is 6.39. The number of carbonyl (C=O) groups excluding carboxylic acids is 2. The molecular formula is C12H23N3O3. The van der Waals surface area contributed by atoms with Crippen LogP contribution in [-0.4, -0.2) is 62.1 Å². The molecule has 104 valence electrons. The summed E-state index contributed by atoms with van der Waals surface area (Å²) in [5.74, 6) is -0.0348. The van der Waals surface area contributed by atoms with Gasteiger partial charge in [0.2, 0.25) is 11.8 Å². The van der Waals surface area contributed by atoms with Crippen molar-refractivity contribution < 1.29 is 14.3 Å². The van der Waals surface area contributed by atoms with E-state index >= 15 is 0 Å². The van der Waals surface area contributed by atoms with Crippen molar-refractivity contribution >= 4 is 11.8 Å². The molecule has 6 nitrogen and oxygen atoms in total. The maximum atomic E-state index is 12.4. The number of carbonyl (C=O) groups is 2. The number of rotatable bonds is 6. The first-order chi connectivity index (χ1) is 8.60. The van der Waals surface area contributed by atoms with E-state index < -0.39 is 0 Å². The average molecular weight is 257 g/mol. The zero-order valence-corrected chi connectivity index (χ0v) is 11.4. The zero-order chi connectivity index (χ0) is 13.5. The first-order valence-electron chi connectivity index (χ1n) is 6.39. The van der Waals surface area contributed by atoms with E-state index in [4.69, 9.17) is 4.74 Å². The summed E-state index contributed by atoms with van der Waals surface area (Å²) in [5.41, 5.74) is 0. The van der Waals surface area contributed by atoms with Crippen LogP contribution in [0.25, 0.3) is 0 Å². The van der Waals surface area contributed by atoms with Gasteiger partial charge in [-0.2, -0.15) is 0 Å². The monoisotopic (exact) mass is 257 g/mol. The van der Waals surface area contributed by atoms with Gasteiger partial charge in [-0.1, -0.05) is 6.92 Å². The number of hydrogen-bond acceptors (Lipinski definition) is 4. The second kappa shape index (κ2) is 7.33. The fourth-order valence-corrected chi connectivity index (χ4v) is 1.90. The maximum Gasteiger partial charge on any atom is 0.241 e. The van der Waals surface area contributed by atoms with E-state index in [2.05, 4.69) is 10.6 Å². The van der Waals surface area contributed by atoms with Crippen LogP contribution >= 0.6 is 0 Å². The molecule has 0 saturated carbocycles. The molecule has 0 aliphatic carbocycles. The van der Waals surface area contributed by atoms with E-state index in [0.29, 0.717) is 19.7 Å². The Bertz CT molecular complexity index is 286. The van der Waals surface area contributed by atoms with Gasteiger partial charge in [0.25, 0.3) is 0 Å². The van der Waals surface area contributed by atoms with E-state index in [1.807, 2.05) is 18.7 Å². The number of nitrogens with zero attached hydrogens (tertiary/aromatic N) is 1. The third-order valence-corrected chi connectivity index (χ3v) is 3.25. The van der Waals surface area contributed by atoms with Crippen LogP contribution in [0.4, 0.5) is 0 Å². The lowest BCUT2D eigenvalue weighted by molar-refractivity contribution is -0.137. The summed E-state index contributed by atoms with van der Waals surface area (Å²) in [5, 5.41) is 5.66. The third kappa shape index (κ3) is 3.96. The number of amides is 2. The van der Waals surface area contributed by atoms with Gasteiger partial charge in [-0.05, 0) is 13.3 Å². The van der Waals surface area contributed by atoms with Crippen molar-refractivity contribution in [2.75, 3.05) is 33.4 Å². The van der Waals surface area contributed by atoms with E-state index in [1.54, 1.807) is 7.11 Å². The first kappa shape index (κ1) is 14.9. The highest BCUT2D eigenvalue weighted by Crippen LogP contribution is 2.07. The molecule has 0 spiro atoms. The van der Waals surface area contributed by atoms with E-state index in [9.17, 15) is 9.59 Å². The summed E-state index contributed by atoms with van der Waals surface area (Å²) in [6, 6.07) is -0.152. The molecule has 1 heterocycles. The minimum Gasteiger partial charge on any atom is -0.383 e. The largest absolute Gasteiger partial charge is 0.383 e. The van der Waals surface area contributed by atoms with Crippen molar-refractivity contribution in [1.82, 2.24) is 15.5 Å². The highest BCUT2D eigenvalue weighted by molar-refractivity contribution is 5.87. The topological polar surface area (TPSA) is 70.7 Å². The lowest BCUT2D eigenvalue weighted by Gasteiger charge is -2.33. The van der Waals surface area contributed by atoms with Gasteiger partial charge in [0.05, 0.1) is 13.2 Å². The molecule has 1 saturated heterocycles. The second-order valence-electron chi connectivity index (χ2n) is 4.52. The van der Waals surface area contributed by atoms with E-state index in [-0.39, 0.29) is 30.4 Å². The molecule has 0 aromatic carbocycles. The van der Waals surface area contributed by atoms with Gasteiger partial charge in [0, 0.05) is 26.2 Å². The summed E-state index contributed by atoms with van der Waals surface area (Å²) in [6.45, 7) is 5.74. The molecular weight excluding hydrogens is 234 g/mol. The van der Waals surface area contributed by atoms with Crippen LogP contribution in [0.5, 0.6) is 0 Å². The van der Waals surface area contributed by atoms with E-state index in [1.165, 1.54) is 0 Å². The number of hydrogen-bond donors (Lipinski definition) is 2. The van der Waals surface area contributed by atoms with Gasteiger partial charge in [0.15, 0.2) is 0 Å². The minimum atomic E-state index is -0.325. The zero-order valence-electron chi connectivity index (χ0n) is 11.4. The highest BCUT2D eigenvalue weighted by atomic mass is 16.5. The van der Waals surface area contributed by atoms with Gasteiger partial charge in [-0.15, -0.1) is 0 Å². The fraction of sp³-hybridized carbons (Fsp3) is 0.833. The quantitative estimate of drug-likeness (QED) is 0.663. The van der Waals surface area contributed by atoms with Crippen molar-refractivity contribution in [3.8, 4) is 0 Å². The molecule has 18 heavy (non-hydrogen) atoms. The van der Waals surface area contributed by atoms with Crippen LogP contribution in [0, 0.1) is 0 Å². The Morgan fingerprint density at radius 2 is 2.33 bits per heavy atom. The van der Waals surface area contributed by atoms with Gasteiger partial charge >= 0.3 is 0 Å². The SMILES string of the molecule is CCC(C)N(CCOC)C(=O)C1CNC(=O)CN1. The van der Waals surface area contributed by atoms with Crippen LogP contribution in [0.2, 0.25) is 0 Å². The molecule has 0 radical (unpaired) electrons. The summed E-state index contributed by atoms with van der Waals surface area (Å²) in [7, 11) is 1.62. The van der Waals surface area contributed by atoms with Crippen LogP contribution in [0.15, 0.2) is 0 Å². The number of methoxy groups -OCH3 is 1. The Morgan fingerprint density at radius 3 is 2.83 bits per heavy atom. The van der Waals surface area contributed by atoms with Crippen molar-refractivity contribution in [3.63, 3.8) is 0 Å². The average Bonchev–Trinajstić information content (AvgIpc) is 2.39. The summed E-state index contributed by atoms with van der Waals surface area (Å²) in [4.78, 5) is 25.2. The van der Waals surface area contributed by atoms with Crippen LogP contribution in [-0.2, 0) is 14.3 Å². The van der Waals surface area contributed by atoms with E-state index in [0.717, 1.165) is 6.42 Å². The number of nitrogens with one attached hydrogen (secondary N) is 2. The number of piperazine rings is 1. The molecule has 0 bridgehead atoms. The Morgan fingerprint density at radius 1 is 1.61 bits per heavy atom. The molecule has 1 aliphatic heterocycles. The Hall–Kier alpha value is -1.14. The number of ether oxygens (including phenoxy) is 1. The molecule has 2 atom stereocenters.